The van der Waals surface area contributed by atoms with Crippen molar-refractivity contribution in [3.63, 3.8) is 0 Å². The maximum absolute atomic E-state index is 11.6. The number of primary amides is 1. The van der Waals surface area contributed by atoms with Crippen LogP contribution in [-0.4, -0.2) is 5.91 Å². The van der Waals surface area contributed by atoms with E-state index in [-0.39, 0.29) is 22.9 Å². The highest BCUT2D eigenvalue weighted by molar-refractivity contribution is 8.93. The molecule has 0 bridgehead atoms. The van der Waals surface area contributed by atoms with E-state index in [4.69, 9.17) is 5.73 Å². The number of carbonyl (C=O) groups excluding carboxylic acids is 1. The molecule has 0 aliphatic heterocycles. The number of hydrogen-bond acceptors (Lipinski definition) is 1. The van der Waals surface area contributed by atoms with E-state index in [0.29, 0.717) is 5.92 Å². The van der Waals surface area contributed by atoms with E-state index in [9.17, 15) is 4.79 Å². The van der Waals surface area contributed by atoms with E-state index < -0.39 is 0 Å². The molecule has 0 heterocycles. The molecule has 0 spiro atoms. The molecular weight excluding hydrogens is 350 g/mol. The Hall–Kier alpha value is -0.310. The van der Waals surface area contributed by atoms with Crippen LogP contribution < -0.4 is 5.73 Å². The van der Waals surface area contributed by atoms with Crippen molar-refractivity contribution >= 4 is 22.9 Å². The molecule has 0 aromatic carbocycles. The molecule has 0 saturated heterocycles. The summed E-state index contributed by atoms with van der Waals surface area (Å²) in [7, 11) is 0. The van der Waals surface area contributed by atoms with Crippen LogP contribution in [0.25, 0.3) is 0 Å². The highest BCUT2D eigenvalue weighted by Crippen LogP contribution is 2.25. The SMILES string of the molecule is Br.CCCCCCCCCCCCC(CC)C(C(N)=O)=C(C)C. The second-order valence-corrected chi connectivity index (χ2v) is 6.85. The van der Waals surface area contributed by atoms with Gasteiger partial charge in [-0.3, -0.25) is 4.79 Å². The number of hydrogen-bond donors (Lipinski definition) is 1. The molecular formula is C20H40BrNO. The molecule has 0 fully saturated rings. The average molecular weight is 390 g/mol. The summed E-state index contributed by atoms with van der Waals surface area (Å²) in [6.07, 6.45) is 15.7. The summed E-state index contributed by atoms with van der Waals surface area (Å²) in [5, 5.41) is 0. The van der Waals surface area contributed by atoms with Crippen LogP contribution in [-0.2, 0) is 4.79 Å². The largest absolute Gasteiger partial charge is 0.366 e. The minimum Gasteiger partial charge on any atom is -0.366 e. The van der Waals surface area contributed by atoms with Crippen molar-refractivity contribution in [2.75, 3.05) is 0 Å². The van der Waals surface area contributed by atoms with Crippen molar-refractivity contribution in [3.05, 3.63) is 11.1 Å². The van der Waals surface area contributed by atoms with Gasteiger partial charge in [-0.2, -0.15) is 0 Å². The van der Waals surface area contributed by atoms with Gasteiger partial charge in [0.2, 0.25) is 5.91 Å². The molecule has 3 heteroatoms. The zero-order valence-electron chi connectivity index (χ0n) is 16.0. The molecule has 1 amide bonds. The summed E-state index contributed by atoms with van der Waals surface area (Å²) in [5.74, 6) is 0.135. The summed E-state index contributed by atoms with van der Waals surface area (Å²) in [4.78, 5) is 11.6. The Morgan fingerprint density at radius 3 is 1.61 bits per heavy atom. The number of carbonyl (C=O) groups is 1. The van der Waals surface area contributed by atoms with Crippen molar-refractivity contribution in [1.29, 1.82) is 0 Å². The molecule has 0 aromatic rings. The fourth-order valence-electron chi connectivity index (χ4n) is 3.29. The van der Waals surface area contributed by atoms with Gasteiger partial charge in [0.05, 0.1) is 0 Å². The number of amides is 1. The van der Waals surface area contributed by atoms with Crippen LogP contribution in [0.1, 0.15) is 105 Å². The topological polar surface area (TPSA) is 43.1 Å². The first kappa shape index (κ1) is 24.9. The van der Waals surface area contributed by atoms with Crippen LogP contribution in [0.5, 0.6) is 0 Å². The standard InChI is InChI=1S/C20H39NO.BrH/c1-5-7-8-9-10-11-12-13-14-15-16-18(6-2)19(17(3)4)20(21)22;/h18H,5-16H2,1-4H3,(H2,21,22);1H. The Morgan fingerprint density at radius 2 is 1.26 bits per heavy atom. The summed E-state index contributed by atoms with van der Waals surface area (Å²) in [5.41, 5.74) is 7.50. The van der Waals surface area contributed by atoms with Gasteiger partial charge < -0.3 is 5.73 Å². The van der Waals surface area contributed by atoms with Crippen LogP contribution in [0.2, 0.25) is 0 Å². The van der Waals surface area contributed by atoms with Crippen LogP contribution in [0.3, 0.4) is 0 Å². The highest BCUT2D eigenvalue weighted by Gasteiger charge is 2.18. The van der Waals surface area contributed by atoms with Crippen molar-refractivity contribution in [2.24, 2.45) is 11.7 Å². The molecule has 0 rings (SSSR count). The van der Waals surface area contributed by atoms with E-state index in [1.54, 1.807) is 0 Å². The Bertz CT molecular complexity index is 322. The molecule has 2 nitrogen and oxygen atoms in total. The van der Waals surface area contributed by atoms with Gasteiger partial charge in [-0.15, -0.1) is 17.0 Å². The third-order valence-corrected chi connectivity index (χ3v) is 4.61. The minimum absolute atomic E-state index is 0. The van der Waals surface area contributed by atoms with E-state index in [2.05, 4.69) is 13.8 Å². The Labute approximate surface area is 155 Å². The lowest BCUT2D eigenvalue weighted by Gasteiger charge is -2.18. The molecule has 23 heavy (non-hydrogen) atoms. The maximum atomic E-state index is 11.6. The summed E-state index contributed by atoms with van der Waals surface area (Å²) in [6.45, 7) is 8.43. The zero-order chi connectivity index (χ0) is 16.8. The number of nitrogens with two attached hydrogens (primary N) is 1. The molecule has 0 aliphatic rings. The summed E-state index contributed by atoms with van der Waals surface area (Å²) >= 11 is 0. The van der Waals surface area contributed by atoms with E-state index in [1.807, 2.05) is 13.8 Å². The molecule has 1 atom stereocenters. The van der Waals surface area contributed by atoms with Gasteiger partial charge in [0.25, 0.3) is 0 Å². The second-order valence-electron chi connectivity index (χ2n) is 6.85. The maximum Gasteiger partial charge on any atom is 0.244 e. The lowest BCUT2D eigenvalue weighted by atomic mass is 9.87. The van der Waals surface area contributed by atoms with Gasteiger partial charge in [0.1, 0.15) is 0 Å². The smallest absolute Gasteiger partial charge is 0.244 e. The lowest BCUT2D eigenvalue weighted by molar-refractivity contribution is -0.115. The van der Waals surface area contributed by atoms with Crippen molar-refractivity contribution in [2.45, 2.75) is 105 Å². The first-order valence-electron chi connectivity index (χ1n) is 9.51. The van der Waals surface area contributed by atoms with Gasteiger partial charge in [0, 0.05) is 5.57 Å². The highest BCUT2D eigenvalue weighted by atomic mass is 79.9. The molecule has 0 saturated carbocycles. The van der Waals surface area contributed by atoms with Crippen LogP contribution >= 0.6 is 17.0 Å². The molecule has 2 N–H and O–H groups in total. The second kappa shape index (κ2) is 16.5. The number of halogens is 1. The Morgan fingerprint density at radius 1 is 0.826 bits per heavy atom. The van der Waals surface area contributed by atoms with Crippen LogP contribution in [0.15, 0.2) is 11.1 Å². The fourth-order valence-corrected chi connectivity index (χ4v) is 3.29. The minimum atomic E-state index is -0.223. The molecule has 1 unspecified atom stereocenters. The molecule has 0 aliphatic carbocycles. The first-order valence-corrected chi connectivity index (χ1v) is 9.51. The van der Waals surface area contributed by atoms with E-state index in [1.165, 1.54) is 64.2 Å². The molecule has 0 radical (unpaired) electrons. The van der Waals surface area contributed by atoms with Gasteiger partial charge >= 0.3 is 0 Å². The van der Waals surface area contributed by atoms with Crippen molar-refractivity contribution in [1.82, 2.24) is 0 Å². The Kier molecular flexibility index (Phi) is 17.9. The van der Waals surface area contributed by atoms with Crippen molar-refractivity contribution < 1.29 is 4.79 Å². The predicted molar refractivity (Wildman–Crippen MR) is 108 cm³/mol. The summed E-state index contributed by atoms with van der Waals surface area (Å²) in [6, 6.07) is 0. The third-order valence-electron chi connectivity index (χ3n) is 4.61. The lowest BCUT2D eigenvalue weighted by Crippen LogP contribution is -2.21. The number of unbranched alkanes of at least 4 members (excludes halogenated alkanes) is 9. The van der Waals surface area contributed by atoms with Crippen molar-refractivity contribution in [3.8, 4) is 0 Å². The molecule has 138 valence electrons. The summed E-state index contributed by atoms with van der Waals surface area (Å²) < 4.78 is 0. The van der Waals surface area contributed by atoms with Gasteiger partial charge in [-0.25, -0.2) is 0 Å². The first-order chi connectivity index (χ1) is 10.5. The number of rotatable bonds is 14. The zero-order valence-corrected chi connectivity index (χ0v) is 17.7. The average Bonchev–Trinajstić information content (AvgIpc) is 2.46. The van der Waals surface area contributed by atoms with E-state index in [0.717, 1.165) is 24.0 Å². The monoisotopic (exact) mass is 389 g/mol. The quantitative estimate of drug-likeness (QED) is 0.259. The van der Waals surface area contributed by atoms with Gasteiger partial charge in [0.15, 0.2) is 0 Å². The Balaban J connectivity index is 0. The normalized spacial score (nSPS) is 11.7. The predicted octanol–water partition coefficient (Wildman–Crippen LogP) is 6.72. The van der Waals surface area contributed by atoms with E-state index >= 15 is 0 Å². The third kappa shape index (κ3) is 12.7. The van der Waals surface area contributed by atoms with Gasteiger partial charge in [-0.1, -0.05) is 83.6 Å². The fraction of sp³-hybridized carbons (Fsp3) is 0.850. The van der Waals surface area contributed by atoms with Crippen LogP contribution in [0, 0.1) is 5.92 Å². The molecule has 0 aromatic heterocycles. The van der Waals surface area contributed by atoms with Gasteiger partial charge in [-0.05, 0) is 32.6 Å². The number of allylic oxidation sites excluding steroid dienone is 1. The van der Waals surface area contributed by atoms with Crippen LogP contribution in [0.4, 0.5) is 0 Å².